The summed E-state index contributed by atoms with van der Waals surface area (Å²) in [6.45, 7) is 6.85. The van der Waals surface area contributed by atoms with Gasteiger partial charge in [0.05, 0.1) is 0 Å². The van der Waals surface area contributed by atoms with Gasteiger partial charge in [-0.1, -0.05) is 26.0 Å². The van der Waals surface area contributed by atoms with Gasteiger partial charge < -0.3 is 5.73 Å². The Balaban J connectivity index is 1.84. The van der Waals surface area contributed by atoms with E-state index in [2.05, 4.69) is 30.9 Å². The van der Waals surface area contributed by atoms with Gasteiger partial charge in [0.15, 0.2) is 0 Å². The van der Waals surface area contributed by atoms with Gasteiger partial charge in [0.25, 0.3) is 0 Å². The minimum atomic E-state index is 0.525. The smallest absolute Gasteiger partial charge is 0.0363 e. The fourth-order valence-corrected chi connectivity index (χ4v) is 2.76. The molecule has 0 bridgehead atoms. The summed E-state index contributed by atoms with van der Waals surface area (Å²) in [5, 5.41) is 0. The van der Waals surface area contributed by atoms with Crippen molar-refractivity contribution in [1.82, 2.24) is 4.90 Å². The predicted octanol–water partition coefficient (Wildman–Crippen LogP) is 2.38. The van der Waals surface area contributed by atoms with Gasteiger partial charge in [-0.3, -0.25) is 4.90 Å². The third-order valence-corrected chi connectivity index (χ3v) is 3.95. The van der Waals surface area contributed by atoms with Crippen LogP contribution in [0.2, 0.25) is 0 Å². The zero-order valence-electron chi connectivity index (χ0n) is 9.46. The standard InChI is InChI=1S/C13H18N2/c1-13(2)6-12(13)15-7-9-4-3-5-11(14)10(9)8-15/h3-5,12H,6-8,14H2,1-2H3. The molecule has 80 valence electrons. The summed E-state index contributed by atoms with van der Waals surface area (Å²) < 4.78 is 0. The summed E-state index contributed by atoms with van der Waals surface area (Å²) in [5.74, 6) is 0. The van der Waals surface area contributed by atoms with Crippen LogP contribution in [0.5, 0.6) is 0 Å². The zero-order chi connectivity index (χ0) is 10.6. The fourth-order valence-electron chi connectivity index (χ4n) is 2.76. The Morgan fingerprint density at radius 3 is 2.67 bits per heavy atom. The monoisotopic (exact) mass is 202 g/mol. The molecule has 2 aliphatic rings. The molecular formula is C13H18N2. The first-order valence-corrected chi connectivity index (χ1v) is 5.68. The molecule has 0 radical (unpaired) electrons. The average Bonchev–Trinajstić information content (AvgIpc) is 2.62. The van der Waals surface area contributed by atoms with Gasteiger partial charge in [0.2, 0.25) is 0 Å². The Kier molecular flexibility index (Phi) is 1.70. The second kappa shape index (κ2) is 2.76. The molecule has 0 aromatic heterocycles. The van der Waals surface area contributed by atoms with Crippen LogP contribution < -0.4 is 5.73 Å². The van der Waals surface area contributed by atoms with Crippen molar-refractivity contribution < 1.29 is 0 Å². The summed E-state index contributed by atoms with van der Waals surface area (Å²) in [6, 6.07) is 7.06. The van der Waals surface area contributed by atoms with Gasteiger partial charge in [0.1, 0.15) is 0 Å². The second-order valence-corrected chi connectivity index (χ2v) is 5.60. The fraction of sp³-hybridized carbons (Fsp3) is 0.538. The highest BCUT2D eigenvalue weighted by Gasteiger charge is 2.50. The van der Waals surface area contributed by atoms with Crippen molar-refractivity contribution >= 4 is 5.69 Å². The maximum Gasteiger partial charge on any atom is 0.0363 e. The molecule has 2 N–H and O–H groups in total. The van der Waals surface area contributed by atoms with Crippen LogP contribution in [-0.4, -0.2) is 10.9 Å². The third-order valence-electron chi connectivity index (χ3n) is 3.95. The van der Waals surface area contributed by atoms with Crippen molar-refractivity contribution in [3.8, 4) is 0 Å². The molecule has 1 aliphatic heterocycles. The number of hydrogen-bond donors (Lipinski definition) is 1. The quantitative estimate of drug-likeness (QED) is 0.708. The third kappa shape index (κ3) is 1.36. The van der Waals surface area contributed by atoms with Gasteiger partial charge in [-0.2, -0.15) is 0 Å². The predicted molar refractivity (Wildman–Crippen MR) is 62.3 cm³/mol. The molecule has 1 heterocycles. The number of nitrogens with zero attached hydrogens (tertiary/aromatic N) is 1. The Morgan fingerprint density at radius 1 is 1.33 bits per heavy atom. The van der Waals surface area contributed by atoms with Gasteiger partial charge in [-0.05, 0) is 29.0 Å². The summed E-state index contributed by atoms with van der Waals surface area (Å²) in [5.41, 5.74) is 10.3. The summed E-state index contributed by atoms with van der Waals surface area (Å²) in [4.78, 5) is 2.57. The molecule has 2 nitrogen and oxygen atoms in total. The summed E-state index contributed by atoms with van der Waals surface area (Å²) >= 11 is 0. The van der Waals surface area contributed by atoms with Gasteiger partial charge in [-0.15, -0.1) is 0 Å². The average molecular weight is 202 g/mol. The molecule has 1 unspecified atom stereocenters. The molecule has 2 heteroatoms. The minimum Gasteiger partial charge on any atom is -0.398 e. The molecule has 1 aromatic carbocycles. The molecule has 1 aliphatic carbocycles. The molecule has 3 rings (SSSR count). The second-order valence-electron chi connectivity index (χ2n) is 5.60. The number of hydrogen-bond acceptors (Lipinski definition) is 2. The molecular weight excluding hydrogens is 184 g/mol. The number of anilines is 1. The number of benzene rings is 1. The lowest BCUT2D eigenvalue weighted by Gasteiger charge is -2.16. The zero-order valence-corrected chi connectivity index (χ0v) is 9.46. The SMILES string of the molecule is CC1(C)CC1N1Cc2cccc(N)c2C1. The van der Waals surface area contributed by atoms with Crippen LogP contribution in [0.4, 0.5) is 5.69 Å². The van der Waals surface area contributed by atoms with E-state index in [1.165, 1.54) is 17.5 Å². The molecule has 0 saturated heterocycles. The van der Waals surface area contributed by atoms with E-state index in [9.17, 15) is 0 Å². The van der Waals surface area contributed by atoms with Crippen LogP contribution in [0.1, 0.15) is 31.4 Å². The number of nitrogen functional groups attached to an aromatic ring is 1. The molecule has 15 heavy (non-hydrogen) atoms. The lowest BCUT2D eigenvalue weighted by molar-refractivity contribution is 0.242. The van der Waals surface area contributed by atoms with E-state index in [4.69, 9.17) is 5.73 Å². The largest absolute Gasteiger partial charge is 0.398 e. The first-order valence-electron chi connectivity index (χ1n) is 5.68. The van der Waals surface area contributed by atoms with Gasteiger partial charge in [0, 0.05) is 24.8 Å². The lowest BCUT2D eigenvalue weighted by Crippen LogP contribution is -2.22. The Hall–Kier alpha value is -1.02. The van der Waals surface area contributed by atoms with E-state index < -0.39 is 0 Å². The number of rotatable bonds is 1. The van der Waals surface area contributed by atoms with Gasteiger partial charge >= 0.3 is 0 Å². The molecule has 1 atom stereocenters. The number of fused-ring (bicyclic) bond motifs is 1. The maximum atomic E-state index is 6.00. The van der Waals surface area contributed by atoms with Crippen molar-refractivity contribution in [3.63, 3.8) is 0 Å². The topological polar surface area (TPSA) is 29.3 Å². The summed E-state index contributed by atoms with van der Waals surface area (Å²) in [6.07, 6.45) is 1.33. The van der Waals surface area contributed by atoms with Crippen LogP contribution in [0.3, 0.4) is 0 Å². The molecule has 1 fully saturated rings. The Bertz CT molecular complexity index is 409. The molecule has 0 amide bonds. The lowest BCUT2D eigenvalue weighted by atomic mass is 10.1. The van der Waals surface area contributed by atoms with Crippen LogP contribution >= 0.6 is 0 Å². The van der Waals surface area contributed by atoms with E-state index in [-0.39, 0.29) is 0 Å². The van der Waals surface area contributed by atoms with Crippen molar-refractivity contribution in [3.05, 3.63) is 29.3 Å². The molecule has 1 aromatic rings. The molecule has 1 saturated carbocycles. The minimum absolute atomic E-state index is 0.525. The highest BCUT2D eigenvalue weighted by Crippen LogP contribution is 2.50. The highest BCUT2D eigenvalue weighted by atomic mass is 15.2. The Labute approximate surface area is 91.1 Å². The van der Waals surface area contributed by atoms with E-state index >= 15 is 0 Å². The van der Waals surface area contributed by atoms with E-state index in [0.717, 1.165) is 24.8 Å². The summed E-state index contributed by atoms with van der Waals surface area (Å²) in [7, 11) is 0. The van der Waals surface area contributed by atoms with E-state index in [0.29, 0.717) is 5.41 Å². The first kappa shape index (κ1) is 9.22. The van der Waals surface area contributed by atoms with E-state index in [1.807, 2.05) is 6.07 Å². The van der Waals surface area contributed by atoms with Crippen LogP contribution in [0, 0.1) is 5.41 Å². The van der Waals surface area contributed by atoms with Crippen molar-refractivity contribution in [2.75, 3.05) is 5.73 Å². The Morgan fingerprint density at radius 2 is 2.07 bits per heavy atom. The van der Waals surface area contributed by atoms with Crippen molar-refractivity contribution in [2.24, 2.45) is 5.41 Å². The van der Waals surface area contributed by atoms with Crippen LogP contribution in [0.25, 0.3) is 0 Å². The van der Waals surface area contributed by atoms with Crippen LogP contribution in [0.15, 0.2) is 18.2 Å². The normalized spacial score (nSPS) is 27.7. The van der Waals surface area contributed by atoms with Crippen molar-refractivity contribution in [2.45, 2.75) is 39.4 Å². The van der Waals surface area contributed by atoms with Crippen LogP contribution in [-0.2, 0) is 13.1 Å². The molecule has 0 spiro atoms. The highest BCUT2D eigenvalue weighted by molar-refractivity contribution is 5.52. The van der Waals surface area contributed by atoms with E-state index in [1.54, 1.807) is 0 Å². The van der Waals surface area contributed by atoms with Gasteiger partial charge in [-0.25, -0.2) is 0 Å². The maximum absolute atomic E-state index is 6.00. The van der Waals surface area contributed by atoms with Crippen molar-refractivity contribution in [1.29, 1.82) is 0 Å². The number of nitrogens with two attached hydrogens (primary N) is 1. The first-order chi connectivity index (χ1) is 7.08.